The Hall–Kier alpha value is 0.420. The van der Waals surface area contributed by atoms with Crippen molar-refractivity contribution >= 4 is 24.8 Å². The van der Waals surface area contributed by atoms with Crippen LogP contribution in [0.15, 0.2) is 0 Å². The van der Waals surface area contributed by atoms with Gasteiger partial charge in [0.1, 0.15) is 0 Å². The van der Waals surface area contributed by atoms with Gasteiger partial charge in [0.15, 0.2) is 0 Å². The fourth-order valence-corrected chi connectivity index (χ4v) is 2.50. The van der Waals surface area contributed by atoms with Crippen LogP contribution in [-0.2, 0) is 4.74 Å². The molecule has 2 fully saturated rings. The molecule has 0 amide bonds. The highest BCUT2D eigenvalue weighted by molar-refractivity contribution is 5.85. The average Bonchev–Trinajstić information content (AvgIpc) is 3.13. The van der Waals surface area contributed by atoms with E-state index < -0.39 is 0 Å². The Balaban J connectivity index is 0.00000144. The summed E-state index contributed by atoms with van der Waals surface area (Å²) < 4.78 is 5.35. The van der Waals surface area contributed by atoms with E-state index in [1.165, 1.54) is 12.8 Å². The van der Waals surface area contributed by atoms with Crippen LogP contribution >= 0.6 is 24.8 Å². The molecule has 0 radical (unpaired) electrons. The zero-order valence-corrected chi connectivity index (χ0v) is 12.8. The third-order valence-corrected chi connectivity index (χ3v) is 3.85. The summed E-state index contributed by atoms with van der Waals surface area (Å²) in [6, 6.07) is 0.612. The number of nitrogens with zero attached hydrogens (tertiary/aromatic N) is 2. The Morgan fingerprint density at radius 1 is 1.28 bits per heavy atom. The molecule has 1 atom stereocenters. The first-order valence-corrected chi connectivity index (χ1v) is 6.51. The Morgan fingerprint density at radius 2 is 1.89 bits per heavy atom. The van der Waals surface area contributed by atoms with Gasteiger partial charge in [-0.15, -0.1) is 24.8 Å². The first-order valence-electron chi connectivity index (χ1n) is 6.51. The number of halogens is 2. The highest BCUT2D eigenvalue weighted by Crippen LogP contribution is 2.34. The van der Waals surface area contributed by atoms with E-state index >= 15 is 0 Å². The number of ether oxygens (including phenoxy) is 1. The van der Waals surface area contributed by atoms with E-state index in [-0.39, 0.29) is 24.8 Å². The van der Waals surface area contributed by atoms with Gasteiger partial charge in [-0.3, -0.25) is 4.90 Å². The highest BCUT2D eigenvalue weighted by atomic mass is 35.5. The van der Waals surface area contributed by atoms with Gasteiger partial charge in [-0.05, 0) is 25.8 Å². The number of likely N-dealkylation sites (N-methyl/N-ethyl adjacent to an activating group) is 1. The molecule has 1 heterocycles. The minimum Gasteiger partial charge on any atom is -0.379 e. The predicted octanol–water partition coefficient (Wildman–Crippen LogP) is 0.831. The summed E-state index contributed by atoms with van der Waals surface area (Å²) in [6.45, 7) is 7.07. The molecule has 110 valence electrons. The van der Waals surface area contributed by atoms with Crippen LogP contribution in [0.2, 0.25) is 0 Å². The SMILES string of the molecule is CN(CCN1CCOCC1)C(CN)C1CC1.Cl.Cl. The van der Waals surface area contributed by atoms with Crippen LogP contribution in [0.5, 0.6) is 0 Å². The smallest absolute Gasteiger partial charge is 0.0594 e. The third-order valence-electron chi connectivity index (χ3n) is 3.85. The van der Waals surface area contributed by atoms with Crippen LogP contribution in [0, 0.1) is 5.92 Å². The third kappa shape index (κ3) is 5.59. The minimum atomic E-state index is 0. The van der Waals surface area contributed by atoms with E-state index in [2.05, 4.69) is 16.8 Å². The second-order valence-corrected chi connectivity index (χ2v) is 5.08. The van der Waals surface area contributed by atoms with Gasteiger partial charge < -0.3 is 15.4 Å². The maximum absolute atomic E-state index is 5.85. The molecule has 0 bridgehead atoms. The van der Waals surface area contributed by atoms with Gasteiger partial charge >= 0.3 is 0 Å². The molecule has 0 aromatic heterocycles. The summed E-state index contributed by atoms with van der Waals surface area (Å²) in [7, 11) is 2.22. The first-order chi connectivity index (χ1) is 7.81. The van der Waals surface area contributed by atoms with Crippen molar-refractivity contribution in [2.24, 2.45) is 11.7 Å². The van der Waals surface area contributed by atoms with Gasteiger partial charge in [-0.2, -0.15) is 0 Å². The molecular weight excluding hydrogens is 273 g/mol. The lowest BCUT2D eigenvalue weighted by Gasteiger charge is -2.31. The van der Waals surface area contributed by atoms with E-state index in [9.17, 15) is 0 Å². The van der Waals surface area contributed by atoms with E-state index in [1.807, 2.05) is 0 Å². The van der Waals surface area contributed by atoms with Gasteiger partial charge in [0.2, 0.25) is 0 Å². The summed E-state index contributed by atoms with van der Waals surface area (Å²) in [5, 5.41) is 0. The summed E-state index contributed by atoms with van der Waals surface area (Å²) >= 11 is 0. The van der Waals surface area contributed by atoms with Crippen LogP contribution in [0.1, 0.15) is 12.8 Å². The molecule has 1 saturated heterocycles. The van der Waals surface area contributed by atoms with Crippen molar-refractivity contribution in [1.29, 1.82) is 0 Å². The van der Waals surface area contributed by atoms with Gasteiger partial charge in [0.25, 0.3) is 0 Å². The van der Waals surface area contributed by atoms with E-state index in [4.69, 9.17) is 10.5 Å². The van der Waals surface area contributed by atoms with Gasteiger partial charge in [-0.1, -0.05) is 0 Å². The van der Waals surface area contributed by atoms with Crippen molar-refractivity contribution < 1.29 is 4.74 Å². The second-order valence-electron chi connectivity index (χ2n) is 5.08. The van der Waals surface area contributed by atoms with E-state index in [0.717, 1.165) is 51.9 Å². The summed E-state index contributed by atoms with van der Waals surface area (Å²) in [5.41, 5.74) is 5.85. The molecule has 2 aliphatic rings. The summed E-state index contributed by atoms with van der Waals surface area (Å²) in [4.78, 5) is 4.94. The van der Waals surface area contributed by atoms with Gasteiger partial charge in [-0.25, -0.2) is 0 Å². The zero-order valence-electron chi connectivity index (χ0n) is 11.2. The highest BCUT2D eigenvalue weighted by Gasteiger charge is 2.32. The molecular formula is C12H27Cl2N3O. The number of rotatable bonds is 6. The largest absolute Gasteiger partial charge is 0.379 e. The Bertz CT molecular complexity index is 211. The van der Waals surface area contributed by atoms with Crippen molar-refractivity contribution in [2.75, 3.05) is 53.0 Å². The molecule has 0 aromatic carbocycles. The van der Waals surface area contributed by atoms with Crippen molar-refractivity contribution in [3.05, 3.63) is 0 Å². The van der Waals surface area contributed by atoms with Crippen molar-refractivity contribution in [3.63, 3.8) is 0 Å². The molecule has 1 aliphatic carbocycles. The molecule has 1 aliphatic heterocycles. The quantitative estimate of drug-likeness (QED) is 0.789. The van der Waals surface area contributed by atoms with Gasteiger partial charge in [0, 0.05) is 38.8 Å². The van der Waals surface area contributed by atoms with Crippen LogP contribution < -0.4 is 5.73 Å². The van der Waals surface area contributed by atoms with Crippen molar-refractivity contribution in [3.8, 4) is 0 Å². The molecule has 4 nitrogen and oxygen atoms in total. The summed E-state index contributed by atoms with van der Waals surface area (Å²) in [6.07, 6.45) is 2.76. The second kappa shape index (κ2) is 9.34. The standard InChI is InChI=1S/C12H25N3O.2ClH/c1-14(12(10-13)11-2-3-11)4-5-15-6-8-16-9-7-15;;/h11-12H,2-10,13H2,1H3;2*1H. The average molecular weight is 300 g/mol. The Kier molecular flexibility index (Phi) is 9.56. The maximum Gasteiger partial charge on any atom is 0.0594 e. The number of morpholine rings is 1. The van der Waals surface area contributed by atoms with Crippen LogP contribution in [0.3, 0.4) is 0 Å². The fourth-order valence-electron chi connectivity index (χ4n) is 2.50. The molecule has 2 N–H and O–H groups in total. The lowest BCUT2D eigenvalue weighted by molar-refractivity contribution is 0.0322. The minimum absolute atomic E-state index is 0. The normalized spacial score (nSPS) is 22.2. The number of nitrogens with two attached hydrogens (primary N) is 1. The van der Waals surface area contributed by atoms with Crippen LogP contribution in [0.4, 0.5) is 0 Å². The lowest BCUT2D eigenvalue weighted by atomic mass is 10.1. The molecule has 18 heavy (non-hydrogen) atoms. The molecule has 1 unspecified atom stereocenters. The van der Waals surface area contributed by atoms with Crippen molar-refractivity contribution in [1.82, 2.24) is 9.80 Å². The molecule has 0 spiro atoms. The summed E-state index contributed by atoms with van der Waals surface area (Å²) in [5.74, 6) is 0.875. The van der Waals surface area contributed by atoms with Crippen LogP contribution in [0.25, 0.3) is 0 Å². The van der Waals surface area contributed by atoms with Gasteiger partial charge in [0.05, 0.1) is 13.2 Å². The molecule has 6 heteroatoms. The van der Waals surface area contributed by atoms with Crippen molar-refractivity contribution in [2.45, 2.75) is 18.9 Å². The molecule has 2 rings (SSSR count). The Labute approximate surface area is 123 Å². The monoisotopic (exact) mass is 299 g/mol. The number of hydrogen-bond donors (Lipinski definition) is 1. The topological polar surface area (TPSA) is 41.7 Å². The predicted molar refractivity (Wildman–Crippen MR) is 80.0 cm³/mol. The zero-order chi connectivity index (χ0) is 11.4. The number of hydrogen-bond acceptors (Lipinski definition) is 4. The molecule has 0 aromatic rings. The van der Waals surface area contributed by atoms with Crippen LogP contribution in [-0.4, -0.2) is 68.8 Å². The molecule has 1 saturated carbocycles. The van der Waals surface area contributed by atoms with E-state index in [0.29, 0.717) is 6.04 Å². The maximum atomic E-state index is 5.85. The Morgan fingerprint density at radius 3 is 2.39 bits per heavy atom. The first kappa shape index (κ1) is 18.4. The lowest BCUT2D eigenvalue weighted by Crippen LogP contribution is -2.45. The van der Waals surface area contributed by atoms with E-state index in [1.54, 1.807) is 0 Å². The fraction of sp³-hybridized carbons (Fsp3) is 1.00.